The molecule has 2 aliphatic heterocycles. The number of fused-ring (bicyclic) bond motifs is 2. The molecule has 0 unspecified atom stereocenters. The number of nitrogens with one attached hydrogen (secondary N) is 1. The fourth-order valence-corrected chi connectivity index (χ4v) is 3.33. The molecule has 0 bridgehead atoms. The maximum atomic E-state index is 12.9. The van der Waals surface area contributed by atoms with E-state index in [9.17, 15) is 9.59 Å². The second-order valence-electron chi connectivity index (χ2n) is 6.78. The number of para-hydroxylation sites is 2. The Kier molecular flexibility index (Phi) is 4.87. The first-order chi connectivity index (χ1) is 13.2. The summed E-state index contributed by atoms with van der Waals surface area (Å²) in [5.41, 5.74) is 5.34. The lowest BCUT2D eigenvalue weighted by molar-refractivity contribution is -0.132. The summed E-state index contributed by atoms with van der Waals surface area (Å²) in [5.74, 6) is 1.56. The van der Waals surface area contributed by atoms with Gasteiger partial charge in [0.05, 0.1) is 0 Å². The first-order valence-electron chi connectivity index (χ1n) is 9.15. The Morgan fingerprint density at radius 2 is 1.63 bits per heavy atom. The lowest BCUT2D eigenvalue weighted by Crippen LogP contribution is -2.32. The highest BCUT2D eigenvalue weighted by atomic mass is 16.5. The highest BCUT2D eigenvalue weighted by molar-refractivity contribution is 5.94. The molecule has 2 heterocycles. The fraction of sp³-hybridized carbons (Fsp3) is 0.286. The summed E-state index contributed by atoms with van der Waals surface area (Å²) >= 11 is 0. The first kappa shape index (κ1) is 17.3. The molecule has 2 aromatic rings. The molecule has 6 nitrogen and oxygen atoms in total. The maximum absolute atomic E-state index is 12.9. The summed E-state index contributed by atoms with van der Waals surface area (Å²) in [6.07, 6.45) is 2.00. The molecule has 2 aliphatic rings. The molecule has 2 aromatic carbocycles. The molecule has 0 saturated heterocycles. The normalized spacial score (nSPS) is 16.1. The molecular weight excluding hydrogens is 342 g/mol. The Morgan fingerprint density at radius 1 is 1.00 bits per heavy atom. The van der Waals surface area contributed by atoms with Crippen LogP contribution in [0.25, 0.3) is 0 Å². The van der Waals surface area contributed by atoms with Gasteiger partial charge in [-0.2, -0.15) is 5.10 Å². The van der Waals surface area contributed by atoms with E-state index in [-0.39, 0.29) is 11.8 Å². The molecule has 0 fully saturated rings. The molecule has 4 rings (SSSR count). The average Bonchev–Trinajstić information content (AvgIpc) is 2.67. The molecule has 138 valence electrons. The summed E-state index contributed by atoms with van der Waals surface area (Å²) in [6.45, 7) is 1.01. The molecular formula is C21H21N3O3. The van der Waals surface area contributed by atoms with Gasteiger partial charge < -0.3 is 9.64 Å². The molecule has 1 N–H and O–H groups in total. The molecule has 0 saturated carbocycles. The van der Waals surface area contributed by atoms with Crippen molar-refractivity contribution in [3.63, 3.8) is 0 Å². The number of benzene rings is 2. The van der Waals surface area contributed by atoms with Crippen LogP contribution < -0.4 is 10.2 Å². The van der Waals surface area contributed by atoms with E-state index in [1.807, 2.05) is 53.4 Å². The SMILES string of the molecule is O=C1CCC(CCC(=O)N2Cc3ccccc3Oc3ccccc3C2)=NN1. The minimum atomic E-state index is -0.0675. The minimum absolute atomic E-state index is 0.0675. The van der Waals surface area contributed by atoms with Crippen molar-refractivity contribution in [1.29, 1.82) is 0 Å². The lowest BCUT2D eigenvalue weighted by Gasteiger charge is -2.28. The Balaban J connectivity index is 1.53. The van der Waals surface area contributed by atoms with Gasteiger partial charge in [0.25, 0.3) is 0 Å². The van der Waals surface area contributed by atoms with Crippen molar-refractivity contribution in [1.82, 2.24) is 10.3 Å². The number of ether oxygens (including phenoxy) is 1. The van der Waals surface area contributed by atoms with Gasteiger partial charge in [-0.1, -0.05) is 36.4 Å². The van der Waals surface area contributed by atoms with Gasteiger partial charge in [-0.15, -0.1) is 0 Å². The highest BCUT2D eigenvalue weighted by Crippen LogP contribution is 2.32. The lowest BCUT2D eigenvalue weighted by atomic mass is 10.1. The third kappa shape index (κ3) is 4.00. The van der Waals surface area contributed by atoms with Crippen LogP contribution in [0.1, 0.15) is 36.8 Å². The van der Waals surface area contributed by atoms with Crippen LogP contribution in [0.3, 0.4) is 0 Å². The quantitative estimate of drug-likeness (QED) is 0.909. The monoisotopic (exact) mass is 363 g/mol. The standard InChI is InChI=1S/C21H21N3O3/c25-20-11-9-17(22-23-20)10-12-21(26)24-13-15-5-1-3-7-18(15)27-19-8-4-2-6-16(19)14-24/h1-8H,9-14H2,(H,23,25). The first-order valence-corrected chi connectivity index (χ1v) is 9.15. The van der Waals surface area contributed by atoms with Crippen molar-refractivity contribution >= 4 is 17.5 Å². The number of rotatable bonds is 3. The van der Waals surface area contributed by atoms with Crippen LogP contribution in [0.4, 0.5) is 0 Å². The van der Waals surface area contributed by atoms with Gasteiger partial charge in [-0.05, 0) is 25.0 Å². The Morgan fingerprint density at radius 3 is 2.22 bits per heavy atom. The number of carbonyl (C=O) groups is 2. The highest BCUT2D eigenvalue weighted by Gasteiger charge is 2.22. The summed E-state index contributed by atoms with van der Waals surface area (Å²) in [7, 11) is 0. The van der Waals surface area contributed by atoms with Gasteiger partial charge in [0.1, 0.15) is 11.5 Å². The van der Waals surface area contributed by atoms with E-state index in [1.54, 1.807) is 0 Å². The second kappa shape index (κ2) is 7.61. The van der Waals surface area contributed by atoms with Gasteiger partial charge in [0.2, 0.25) is 11.8 Å². The van der Waals surface area contributed by atoms with Crippen molar-refractivity contribution < 1.29 is 14.3 Å². The molecule has 27 heavy (non-hydrogen) atoms. The number of nitrogens with zero attached hydrogens (tertiary/aromatic N) is 2. The van der Waals surface area contributed by atoms with Crippen LogP contribution in [0, 0.1) is 0 Å². The van der Waals surface area contributed by atoms with Crippen molar-refractivity contribution in [3.05, 3.63) is 59.7 Å². The third-order valence-corrected chi connectivity index (χ3v) is 4.85. The van der Waals surface area contributed by atoms with E-state index in [1.165, 1.54) is 0 Å². The predicted octanol–water partition coefficient (Wildman–Crippen LogP) is 3.37. The number of hydrazone groups is 1. The summed E-state index contributed by atoms with van der Waals surface area (Å²) < 4.78 is 6.08. The maximum Gasteiger partial charge on any atom is 0.240 e. The van der Waals surface area contributed by atoms with Crippen LogP contribution in [-0.4, -0.2) is 22.4 Å². The Labute approximate surface area is 157 Å². The third-order valence-electron chi connectivity index (χ3n) is 4.85. The minimum Gasteiger partial charge on any atom is -0.457 e. The summed E-state index contributed by atoms with van der Waals surface area (Å²) in [5, 5.41) is 4.06. The number of carbonyl (C=O) groups excluding carboxylic acids is 2. The molecule has 0 aromatic heterocycles. The molecule has 2 amide bonds. The van der Waals surface area contributed by atoms with Crippen molar-refractivity contribution in [2.45, 2.75) is 38.8 Å². The van der Waals surface area contributed by atoms with Crippen LogP contribution in [-0.2, 0) is 22.7 Å². The molecule has 0 aliphatic carbocycles. The van der Waals surface area contributed by atoms with E-state index in [4.69, 9.17) is 4.74 Å². The van der Waals surface area contributed by atoms with Crippen LogP contribution in [0.2, 0.25) is 0 Å². The van der Waals surface area contributed by atoms with Crippen molar-refractivity contribution in [3.8, 4) is 11.5 Å². The van der Waals surface area contributed by atoms with Gasteiger partial charge in [-0.3, -0.25) is 9.59 Å². The van der Waals surface area contributed by atoms with E-state index in [0.29, 0.717) is 38.8 Å². The fourth-order valence-electron chi connectivity index (χ4n) is 3.33. The molecule has 0 radical (unpaired) electrons. The van der Waals surface area contributed by atoms with Crippen LogP contribution in [0.15, 0.2) is 53.6 Å². The van der Waals surface area contributed by atoms with Crippen LogP contribution in [0.5, 0.6) is 11.5 Å². The van der Waals surface area contributed by atoms with Crippen molar-refractivity contribution in [2.24, 2.45) is 5.10 Å². The summed E-state index contributed by atoms with van der Waals surface area (Å²) in [4.78, 5) is 26.0. The smallest absolute Gasteiger partial charge is 0.240 e. The zero-order valence-electron chi connectivity index (χ0n) is 15.0. The zero-order valence-corrected chi connectivity index (χ0v) is 15.0. The number of amides is 2. The van der Waals surface area contributed by atoms with E-state index in [0.717, 1.165) is 28.3 Å². The van der Waals surface area contributed by atoms with E-state index < -0.39 is 0 Å². The van der Waals surface area contributed by atoms with Gasteiger partial charge >= 0.3 is 0 Å². The topological polar surface area (TPSA) is 71.0 Å². The van der Waals surface area contributed by atoms with Gasteiger partial charge in [0, 0.05) is 42.8 Å². The molecule has 0 spiro atoms. The molecule has 6 heteroatoms. The average molecular weight is 363 g/mol. The molecule has 0 atom stereocenters. The number of hydrogen-bond acceptors (Lipinski definition) is 4. The largest absolute Gasteiger partial charge is 0.457 e. The Hall–Kier alpha value is -3.15. The summed E-state index contributed by atoms with van der Waals surface area (Å²) in [6, 6.07) is 15.6. The van der Waals surface area contributed by atoms with Crippen molar-refractivity contribution in [2.75, 3.05) is 0 Å². The van der Waals surface area contributed by atoms with E-state index >= 15 is 0 Å². The number of hydrogen-bond donors (Lipinski definition) is 1. The zero-order chi connectivity index (χ0) is 18.6. The van der Waals surface area contributed by atoms with Gasteiger partial charge in [0.15, 0.2) is 0 Å². The Bertz CT molecular complexity index is 860. The van der Waals surface area contributed by atoms with Crippen LogP contribution >= 0.6 is 0 Å². The predicted molar refractivity (Wildman–Crippen MR) is 101 cm³/mol. The second-order valence-corrected chi connectivity index (χ2v) is 6.78. The van der Waals surface area contributed by atoms with Gasteiger partial charge in [-0.25, -0.2) is 5.43 Å². The van der Waals surface area contributed by atoms with E-state index in [2.05, 4.69) is 10.5 Å².